The van der Waals surface area contributed by atoms with Gasteiger partial charge in [-0.1, -0.05) is 11.6 Å². The van der Waals surface area contributed by atoms with Gasteiger partial charge in [0.2, 0.25) is 0 Å². The van der Waals surface area contributed by atoms with Gasteiger partial charge >= 0.3 is 6.09 Å². The van der Waals surface area contributed by atoms with Crippen LogP contribution in [-0.2, 0) is 11.3 Å². The lowest BCUT2D eigenvalue weighted by Crippen LogP contribution is -2.27. The summed E-state index contributed by atoms with van der Waals surface area (Å²) in [5.74, 6) is 0.437. The molecular weight excluding hydrogens is 402 g/mol. The van der Waals surface area contributed by atoms with Crippen molar-refractivity contribution in [3.05, 3.63) is 38.1 Å². The van der Waals surface area contributed by atoms with E-state index in [1.807, 2.05) is 32.9 Å². The molecule has 0 aliphatic rings. The standard InChI is InChI=1S/C15H17BrClN3O2S/c1-15(2,3)22-14(21)20-12-5-4-9(7-19-12)18-8-10-6-11(16)13(17)23-10/h4-7,18H,8H2,1-3H3,(H,19,20,21). The zero-order valence-corrected chi connectivity index (χ0v) is 16.1. The Morgan fingerprint density at radius 2 is 2.17 bits per heavy atom. The van der Waals surface area contributed by atoms with Crippen LogP contribution in [0.4, 0.5) is 16.3 Å². The van der Waals surface area contributed by atoms with Gasteiger partial charge in [0.25, 0.3) is 0 Å². The number of hydrogen-bond acceptors (Lipinski definition) is 5. The number of hydrogen-bond donors (Lipinski definition) is 2. The van der Waals surface area contributed by atoms with Crippen molar-refractivity contribution in [1.82, 2.24) is 4.98 Å². The summed E-state index contributed by atoms with van der Waals surface area (Å²) in [5.41, 5.74) is 0.308. The molecule has 0 radical (unpaired) electrons. The molecule has 2 heterocycles. The number of amides is 1. The van der Waals surface area contributed by atoms with Gasteiger partial charge in [-0.25, -0.2) is 9.78 Å². The van der Waals surface area contributed by atoms with E-state index in [0.717, 1.165) is 19.4 Å². The van der Waals surface area contributed by atoms with Crippen molar-refractivity contribution in [2.75, 3.05) is 10.6 Å². The van der Waals surface area contributed by atoms with Gasteiger partial charge in [-0.15, -0.1) is 11.3 Å². The van der Waals surface area contributed by atoms with E-state index in [0.29, 0.717) is 12.4 Å². The first-order valence-corrected chi connectivity index (χ1v) is 8.85. The highest BCUT2D eigenvalue weighted by Crippen LogP contribution is 2.32. The molecule has 0 unspecified atom stereocenters. The fraction of sp³-hybridized carbons (Fsp3) is 0.333. The van der Waals surface area contributed by atoms with E-state index in [2.05, 4.69) is 31.5 Å². The number of ether oxygens (including phenoxy) is 1. The first-order valence-electron chi connectivity index (χ1n) is 6.86. The number of carbonyl (C=O) groups is 1. The van der Waals surface area contributed by atoms with Gasteiger partial charge in [0.15, 0.2) is 0 Å². The van der Waals surface area contributed by atoms with Crippen LogP contribution in [0.2, 0.25) is 4.34 Å². The topological polar surface area (TPSA) is 63.2 Å². The van der Waals surface area contributed by atoms with Crippen LogP contribution < -0.4 is 10.6 Å². The molecule has 0 aliphatic heterocycles. The van der Waals surface area contributed by atoms with Gasteiger partial charge in [0.1, 0.15) is 15.8 Å². The van der Waals surface area contributed by atoms with E-state index >= 15 is 0 Å². The van der Waals surface area contributed by atoms with E-state index in [4.69, 9.17) is 16.3 Å². The third kappa shape index (κ3) is 6.01. The Balaban J connectivity index is 1.88. The minimum absolute atomic E-state index is 0.437. The van der Waals surface area contributed by atoms with Crippen molar-refractivity contribution in [3.63, 3.8) is 0 Å². The van der Waals surface area contributed by atoms with Crippen molar-refractivity contribution in [1.29, 1.82) is 0 Å². The highest BCUT2D eigenvalue weighted by Gasteiger charge is 2.16. The molecule has 5 nitrogen and oxygen atoms in total. The summed E-state index contributed by atoms with van der Waals surface area (Å²) in [5, 5.41) is 5.83. The van der Waals surface area contributed by atoms with Crippen LogP contribution in [0.15, 0.2) is 28.9 Å². The summed E-state index contributed by atoms with van der Waals surface area (Å²) in [6, 6.07) is 5.53. The number of nitrogens with zero attached hydrogens (tertiary/aromatic N) is 1. The highest BCUT2D eigenvalue weighted by atomic mass is 79.9. The van der Waals surface area contributed by atoms with E-state index in [-0.39, 0.29) is 0 Å². The monoisotopic (exact) mass is 417 g/mol. The summed E-state index contributed by atoms with van der Waals surface area (Å²) in [6.45, 7) is 6.07. The largest absolute Gasteiger partial charge is 0.444 e. The molecule has 2 aromatic heterocycles. The molecule has 0 saturated heterocycles. The number of halogens is 2. The SMILES string of the molecule is CC(C)(C)OC(=O)Nc1ccc(NCc2cc(Br)c(Cl)s2)cn1. The van der Waals surface area contributed by atoms with Crippen LogP contribution in [0.1, 0.15) is 25.6 Å². The third-order valence-electron chi connectivity index (χ3n) is 2.56. The van der Waals surface area contributed by atoms with Crippen LogP contribution in [0.25, 0.3) is 0 Å². The Morgan fingerprint density at radius 1 is 1.43 bits per heavy atom. The van der Waals surface area contributed by atoms with Crippen molar-refractivity contribution in [3.8, 4) is 0 Å². The second-order valence-electron chi connectivity index (χ2n) is 5.75. The van der Waals surface area contributed by atoms with Gasteiger partial charge in [-0.3, -0.25) is 5.32 Å². The van der Waals surface area contributed by atoms with Crippen molar-refractivity contribution >= 4 is 56.5 Å². The Morgan fingerprint density at radius 3 is 2.70 bits per heavy atom. The fourth-order valence-corrected chi connectivity index (χ4v) is 3.38. The minimum Gasteiger partial charge on any atom is -0.444 e. The Labute approximate surface area is 152 Å². The van der Waals surface area contributed by atoms with Crippen LogP contribution >= 0.6 is 38.9 Å². The third-order valence-corrected chi connectivity index (χ3v) is 5.03. The first-order chi connectivity index (χ1) is 10.7. The Bertz CT molecular complexity index is 664. The average molecular weight is 419 g/mol. The molecule has 8 heteroatoms. The molecule has 2 rings (SSSR count). The van der Waals surface area contributed by atoms with E-state index < -0.39 is 11.7 Å². The summed E-state index contributed by atoms with van der Waals surface area (Å²) in [4.78, 5) is 16.9. The van der Waals surface area contributed by atoms with Crippen LogP contribution in [-0.4, -0.2) is 16.7 Å². The number of nitrogens with one attached hydrogen (secondary N) is 2. The maximum atomic E-state index is 11.7. The number of anilines is 2. The Kier molecular flexibility index (Phi) is 5.89. The predicted molar refractivity (Wildman–Crippen MR) is 98.4 cm³/mol. The molecule has 0 aliphatic carbocycles. The zero-order valence-electron chi connectivity index (χ0n) is 12.9. The molecule has 0 bridgehead atoms. The molecule has 2 aromatic rings. The van der Waals surface area contributed by atoms with Crippen LogP contribution in [0, 0.1) is 0 Å². The number of carbonyl (C=O) groups excluding carboxylic acids is 1. The second kappa shape index (κ2) is 7.51. The average Bonchev–Trinajstić information content (AvgIpc) is 2.75. The Hall–Kier alpha value is -1.31. The predicted octanol–water partition coefficient (Wildman–Crippen LogP) is 5.52. The lowest BCUT2D eigenvalue weighted by molar-refractivity contribution is 0.0635. The van der Waals surface area contributed by atoms with Crippen LogP contribution in [0.5, 0.6) is 0 Å². The highest BCUT2D eigenvalue weighted by molar-refractivity contribution is 9.10. The van der Waals surface area contributed by atoms with Gasteiger partial charge in [-0.2, -0.15) is 0 Å². The normalized spacial score (nSPS) is 11.2. The molecule has 0 aromatic carbocycles. The van der Waals surface area contributed by atoms with E-state index in [1.165, 1.54) is 11.3 Å². The quantitative estimate of drug-likeness (QED) is 0.686. The molecule has 1 amide bonds. The van der Waals surface area contributed by atoms with Crippen molar-refractivity contribution in [2.45, 2.75) is 32.9 Å². The molecule has 0 saturated carbocycles. The second-order valence-corrected chi connectivity index (χ2v) is 8.34. The first kappa shape index (κ1) is 18.0. The lowest BCUT2D eigenvalue weighted by atomic mass is 10.2. The molecule has 23 heavy (non-hydrogen) atoms. The summed E-state index contributed by atoms with van der Waals surface area (Å²) < 4.78 is 6.80. The summed E-state index contributed by atoms with van der Waals surface area (Å²) in [7, 11) is 0. The zero-order chi connectivity index (χ0) is 17.0. The summed E-state index contributed by atoms with van der Waals surface area (Å²) >= 11 is 10.9. The summed E-state index contributed by atoms with van der Waals surface area (Å²) in [6.07, 6.45) is 1.13. The van der Waals surface area contributed by atoms with Gasteiger partial charge in [0.05, 0.1) is 11.9 Å². The number of pyridine rings is 1. The molecule has 124 valence electrons. The van der Waals surface area contributed by atoms with Crippen LogP contribution in [0.3, 0.4) is 0 Å². The van der Waals surface area contributed by atoms with E-state index in [9.17, 15) is 4.79 Å². The van der Waals surface area contributed by atoms with Crippen molar-refractivity contribution in [2.24, 2.45) is 0 Å². The molecule has 0 spiro atoms. The lowest BCUT2D eigenvalue weighted by Gasteiger charge is -2.19. The minimum atomic E-state index is -0.540. The number of thiophene rings is 1. The molecule has 0 atom stereocenters. The molecule has 2 N–H and O–H groups in total. The molecular formula is C15H17BrClN3O2S. The number of aromatic nitrogens is 1. The van der Waals surface area contributed by atoms with Gasteiger partial charge in [-0.05, 0) is 54.9 Å². The fourth-order valence-electron chi connectivity index (χ4n) is 1.65. The van der Waals surface area contributed by atoms with Gasteiger partial charge in [0, 0.05) is 15.9 Å². The maximum Gasteiger partial charge on any atom is 0.413 e. The number of rotatable bonds is 4. The maximum absolute atomic E-state index is 11.7. The van der Waals surface area contributed by atoms with Gasteiger partial charge < -0.3 is 10.1 Å². The molecule has 0 fully saturated rings. The van der Waals surface area contributed by atoms with E-state index in [1.54, 1.807) is 12.3 Å². The smallest absolute Gasteiger partial charge is 0.413 e. The van der Waals surface area contributed by atoms with Crippen molar-refractivity contribution < 1.29 is 9.53 Å².